The maximum atomic E-state index is 9.13. The second-order valence-corrected chi connectivity index (χ2v) is 15.3. The number of rotatable bonds is 2. The van der Waals surface area contributed by atoms with Gasteiger partial charge in [-0.15, -0.1) is 0 Å². The summed E-state index contributed by atoms with van der Waals surface area (Å²) in [6.07, 6.45) is 0. The zero-order valence-electron chi connectivity index (χ0n) is 40.3. The van der Waals surface area contributed by atoms with Gasteiger partial charge in [0.05, 0.1) is 68.9 Å². The number of nitrogens with zero attached hydrogens (tertiary/aromatic N) is 4. The molecule has 0 aliphatic carbocycles. The van der Waals surface area contributed by atoms with Gasteiger partial charge in [-0.3, -0.25) is 0 Å². The minimum absolute atomic E-state index is 0.100. The number of benzene rings is 9. The molecule has 4 nitrogen and oxygen atoms in total. The molecule has 0 aliphatic heterocycles. The van der Waals surface area contributed by atoms with E-state index in [2.05, 4.69) is 81.6 Å². The highest BCUT2D eigenvalue weighted by molar-refractivity contribution is 6.34. The lowest BCUT2D eigenvalue weighted by Gasteiger charge is -2.09. The van der Waals surface area contributed by atoms with E-state index in [9.17, 15) is 0 Å². The fraction of sp³-hybridized carbons (Fsp3) is 0. The second-order valence-electron chi connectivity index (χ2n) is 15.3. The van der Waals surface area contributed by atoms with Gasteiger partial charge in [-0.1, -0.05) is 121 Å². The zero-order valence-corrected chi connectivity index (χ0v) is 30.3. The average Bonchev–Trinajstić information content (AvgIpc) is 4.20. The van der Waals surface area contributed by atoms with E-state index in [-0.39, 0.29) is 35.5 Å². The Bertz CT molecular complexity index is 4500. The van der Waals surface area contributed by atoms with Crippen LogP contribution in [-0.2, 0) is 0 Å². The fourth-order valence-electron chi connectivity index (χ4n) is 10.7. The van der Waals surface area contributed by atoms with Gasteiger partial charge in [-0.2, -0.15) is 0 Å². The number of hydrogen-bond acceptors (Lipinski definition) is 0. The van der Waals surface area contributed by atoms with Crippen molar-refractivity contribution in [1.29, 1.82) is 0 Å². The predicted octanol–water partition coefficient (Wildman–Crippen LogP) is 14.2. The summed E-state index contributed by atoms with van der Waals surface area (Å²) in [6.45, 7) is 0. The Morgan fingerprint density at radius 3 is 1.19 bits per heavy atom. The van der Waals surface area contributed by atoms with Gasteiger partial charge < -0.3 is 17.9 Å². The quantitative estimate of drug-likeness (QED) is 0.168. The molecule has 0 fully saturated rings. The summed E-state index contributed by atoms with van der Waals surface area (Å²) >= 11 is 0. The molecule has 15 rings (SSSR count). The maximum Gasteiger partial charge on any atom is 0.0645 e. The first-order valence-electron chi connectivity index (χ1n) is 24.3. The SMILES string of the molecule is [2H]c1c([2H])c([2H])c(-n2c3ccccc3c3ccc4c(c5cccc6c7cc8c9cccc%10c%11c%12c(ccc%11n(c8cc7n4c65)c9%10)c4ccccc4n%12-c4c([2H])c([2H])c([2H])c([2H])c4[2H])c32)c([2H])c1[2H]. The number of aromatic nitrogens is 4. The summed E-state index contributed by atoms with van der Waals surface area (Å²) in [5.41, 5.74) is 9.03. The van der Waals surface area contributed by atoms with Gasteiger partial charge in [-0.25, -0.2) is 0 Å². The van der Waals surface area contributed by atoms with Crippen LogP contribution in [0.3, 0.4) is 0 Å². The summed E-state index contributed by atoms with van der Waals surface area (Å²) in [6, 6.07) is 37.7. The van der Waals surface area contributed by atoms with E-state index in [0.717, 1.165) is 120 Å². The Morgan fingerprint density at radius 1 is 0.293 bits per heavy atom. The molecule has 6 aromatic heterocycles. The molecule has 0 unspecified atom stereocenters. The summed E-state index contributed by atoms with van der Waals surface area (Å²) in [7, 11) is 0. The van der Waals surface area contributed by atoms with Crippen molar-refractivity contribution in [3.63, 3.8) is 0 Å². The molecule has 266 valence electrons. The highest BCUT2D eigenvalue weighted by Crippen LogP contribution is 2.48. The van der Waals surface area contributed by atoms with E-state index >= 15 is 0 Å². The van der Waals surface area contributed by atoms with E-state index in [1.807, 2.05) is 57.7 Å². The van der Waals surface area contributed by atoms with Crippen LogP contribution in [0.15, 0.2) is 182 Å². The van der Waals surface area contributed by atoms with E-state index in [1.165, 1.54) is 0 Å². The summed E-state index contributed by atoms with van der Waals surface area (Å²) in [5, 5.41) is 11.7. The van der Waals surface area contributed by atoms with Crippen LogP contribution in [0.1, 0.15) is 13.7 Å². The molecule has 0 spiro atoms. The van der Waals surface area contributed by atoms with Crippen LogP contribution in [0.5, 0.6) is 0 Å². The predicted molar refractivity (Wildman–Crippen MR) is 244 cm³/mol. The number of hydrogen-bond donors (Lipinski definition) is 0. The van der Waals surface area contributed by atoms with Crippen molar-refractivity contribution >= 4 is 120 Å². The monoisotopic (exact) mass is 744 g/mol. The lowest BCUT2D eigenvalue weighted by Crippen LogP contribution is -1.94. The van der Waals surface area contributed by atoms with Gasteiger partial charge >= 0.3 is 0 Å². The Balaban J connectivity index is 1.11. The third-order valence-corrected chi connectivity index (χ3v) is 12.8. The van der Waals surface area contributed by atoms with Crippen molar-refractivity contribution in [3.05, 3.63) is 182 Å². The first-order chi connectivity index (χ1) is 33.0. The Hall–Kier alpha value is -7.82. The van der Waals surface area contributed by atoms with E-state index in [1.54, 1.807) is 0 Å². The molecule has 6 heterocycles. The van der Waals surface area contributed by atoms with Crippen molar-refractivity contribution in [1.82, 2.24) is 17.9 Å². The van der Waals surface area contributed by atoms with Crippen molar-refractivity contribution in [2.24, 2.45) is 0 Å². The summed E-state index contributed by atoms with van der Waals surface area (Å²) in [4.78, 5) is 0. The molecule has 0 saturated carbocycles. The Labute approximate surface area is 343 Å². The summed E-state index contributed by atoms with van der Waals surface area (Å²) < 4.78 is 96.2. The summed E-state index contributed by atoms with van der Waals surface area (Å²) in [5.74, 6) is 0. The topological polar surface area (TPSA) is 18.7 Å². The normalized spacial score (nSPS) is 15.2. The maximum absolute atomic E-state index is 9.13. The third-order valence-electron chi connectivity index (χ3n) is 12.8. The van der Waals surface area contributed by atoms with E-state index in [4.69, 9.17) is 13.7 Å². The number of fused-ring (bicyclic) bond motifs is 20. The molecule has 0 saturated heterocycles. The van der Waals surface area contributed by atoms with Gasteiger partial charge in [0, 0.05) is 76.0 Å². The highest BCUT2D eigenvalue weighted by Gasteiger charge is 2.26. The van der Waals surface area contributed by atoms with Crippen molar-refractivity contribution in [3.8, 4) is 11.4 Å². The van der Waals surface area contributed by atoms with Crippen molar-refractivity contribution < 1.29 is 13.7 Å². The third kappa shape index (κ3) is 3.30. The molecular weight excluding hydrogens is 705 g/mol. The fourth-order valence-corrected chi connectivity index (χ4v) is 10.7. The molecule has 15 aromatic rings. The molecule has 0 N–H and O–H groups in total. The molecule has 0 atom stereocenters. The molecule has 0 radical (unpaired) electrons. The minimum atomic E-state index is -0.440. The molecule has 0 bridgehead atoms. The van der Waals surface area contributed by atoms with Gasteiger partial charge in [0.15, 0.2) is 0 Å². The first kappa shape index (κ1) is 22.1. The minimum Gasteiger partial charge on any atom is -0.309 e. The average molecular weight is 745 g/mol. The lowest BCUT2D eigenvalue weighted by atomic mass is 10.0. The van der Waals surface area contributed by atoms with Crippen LogP contribution < -0.4 is 0 Å². The molecule has 0 amide bonds. The van der Waals surface area contributed by atoms with Gasteiger partial charge in [-0.05, 0) is 60.6 Å². The van der Waals surface area contributed by atoms with Crippen LogP contribution in [0, 0.1) is 0 Å². The largest absolute Gasteiger partial charge is 0.309 e. The van der Waals surface area contributed by atoms with Crippen LogP contribution in [-0.4, -0.2) is 17.9 Å². The van der Waals surface area contributed by atoms with Crippen LogP contribution in [0.2, 0.25) is 0 Å². The molecule has 58 heavy (non-hydrogen) atoms. The van der Waals surface area contributed by atoms with Crippen LogP contribution in [0.4, 0.5) is 0 Å². The van der Waals surface area contributed by atoms with Gasteiger partial charge in [0.25, 0.3) is 0 Å². The smallest absolute Gasteiger partial charge is 0.0645 e. The lowest BCUT2D eigenvalue weighted by molar-refractivity contribution is 1.19. The van der Waals surface area contributed by atoms with Gasteiger partial charge in [0.1, 0.15) is 0 Å². The highest BCUT2D eigenvalue weighted by atomic mass is 15.0. The van der Waals surface area contributed by atoms with Gasteiger partial charge in [0.2, 0.25) is 0 Å². The van der Waals surface area contributed by atoms with E-state index < -0.39 is 36.3 Å². The molecule has 4 heteroatoms. The van der Waals surface area contributed by atoms with Crippen molar-refractivity contribution in [2.45, 2.75) is 0 Å². The zero-order chi connectivity index (χ0) is 46.1. The molecular formula is C54H30N4. The molecule has 0 aliphatic rings. The van der Waals surface area contributed by atoms with Crippen molar-refractivity contribution in [2.75, 3.05) is 0 Å². The number of para-hydroxylation sites is 6. The first-order valence-corrected chi connectivity index (χ1v) is 19.3. The Kier molecular flexibility index (Phi) is 3.85. The van der Waals surface area contributed by atoms with E-state index in [0.29, 0.717) is 0 Å². The van der Waals surface area contributed by atoms with Crippen LogP contribution >= 0.6 is 0 Å². The standard InChI is InChI=1S/C54H30N4/c1-3-13-31(14-4-1)55-43-23-9-7-17-33(43)37-25-27-45-49(53(37)55)39-21-11-19-35-41-29-42-36-20-12-22-40-50-46(58(52(36)40)48(42)30-47(41)57(45)51(35)39)28-26-38-34-18-8-10-24-44(34)56(54(38)50)32-15-5-2-6-16-32/h1-30H/i1D,2D,3D,4D,5D,6D,13D,14D,15D,16D. The Morgan fingerprint density at radius 2 is 0.707 bits per heavy atom. The molecule has 9 aromatic carbocycles. The van der Waals surface area contributed by atoms with Crippen LogP contribution in [0.25, 0.3) is 131 Å². The second kappa shape index (κ2) is 10.1.